The van der Waals surface area contributed by atoms with Crippen molar-refractivity contribution in [1.29, 1.82) is 0 Å². The SMILES string of the molecule is NCc1nc(-c2nc3c(OC(=O)O)cccc3[nH]2)cs1. The molecule has 1 aromatic carbocycles. The number of benzene rings is 1. The maximum Gasteiger partial charge on any atom is 0.511 e. The Kier molecular flexibility index (Phi) is 3.09. The number of aromatic amines is 1. The molecule has 0 aliphatic carbocycles. The van der Waals surface area contributed by atoms with Crippen molar-refractivity contribution < 1.29 is 14.6 Å². The highest BCUT2D eigenvalue weighted by molar-refractivity contribution is 7.09. The molecule has 2 aromatic heterocycles. The Balaban J connectivity index is 2.08. The van der Waals surface area contributed by atoms with Crippen LogP contribution in [0.15, 0.2) is 23.6 Å². The van der Waals surface area contributed by atoms with E-state index in [1.807, 2.05) is 5.38 Å². The first kappa shape index (κ1) is 12.6. The van der Waals surface area contributed by atoms with Crippen LogP contribution in [0.1, 0.15) is 5.01 Å². The van der Waals surface area contributed by atoms with E-state index in [2.05, 4.69) is 15.0 Å². The van der Waals surface area contributed by atoms with Gasteiger partial charge in [0.05, 0.1) is 5.52 Å². The summed E-state index contributed by atoms with van der Waals surface area (Å²) < 4.78 is 4.70. The number of nitrogens with one attached hydrogen (secondary N) is 1. The molecule has 3 rings (SSSR count). The number of aromatic nitrogens is 3. The van der Waals surface area contributed by atoms with E-state index in [1.165, 1.54) is 11.3 Å². The van der Waals surface area contributed by atoms with Gasteiger partial charge in [0, 0.05) is 11.9 Å². The smallest absolute Gasteiger partial charge is 0.449 e. The molecule has 102 valence electrons. The summed E-state index contributed by atoms with van der Waals surface area (Å²) in [5.74, 6) is 0.740. The van der Waals surface area contributed by atoms with Crippen molar-refractivity contribution in [2.45, 2.75) is 6.54 Å². The number of H-pyrrole nitrogens is 1. The Hall–Kier alpha value is -2.45. The molecule has 7 nitrogen and oxygen atoms in total. The second-order valence-electron chi connectivity index (χ2n) is 3.94. The normalized spacial score (nSPS) is 10.8. The first-order valence-electron chi connectivity index (χ1n) is 5.71. The van der Waals surface area contributed by atoms with E-state index in [0.29, 0.717) is 29.1 Å². The summed E-state index contributed by atoms with van der Waals surface area (Å²) in [6, 6.07) is 5.03. The summed E-state index contributed by atoms with van der Waals surface area (Å²) in [5.41, 5.74) is 7.33. The monoisotopic (exact) mass is 290 g/mol. The maximum absolute atomic E-state index is 10.6. The summed E-state index contributed by atoms with van der Waals surface area (Å²) in [6.07, 6.45) is -1.37. The standard InChI is InChI=1S/C12H10N4O3S/c13-4-9-14-7(5-20-9)11-15-6-2-1-3-8(10(6)16-11)19-12(17)18/h1-3,5H,4,13H2,(H,15,16)(H,17,18). The Labute approximate surface area is 117 Å². The molecule has 0 amide bonds. The van der Waals surface area contributed by atoms with Crippen molar-refractivity contribution in [1.82, 2.24) is 15.0 Å². The Morgan fingerprint density at radius 3 is 3.00 bits per heavy atom. The number of nitrogens with zero attached hydrogens (tertiary/aromatic N) is 2. The summed E-state index contributed by atoms with van der Waals surface area (Å²) in [5, 5.41) is 11.4. The number of carbonyl (C=O) groups is 1. The molecule has 0 saturated carbocycles. The third-order valence-electron chi connectivity index (χ3n) is 2.64. The minimum atomic E-state index is -1.37. The molecule has 0 atom stereocenters. The van der Waals surface area contributed by atoms with Crippen LogP contribution in [0.5, 0.6) is 5.75 Å². The fourth-order valence-electron chi connectivity index (χ4n) is 1.82. The Morgan fingerprint density at radius 1 is 1.45 bits per heavy atom. The van der Waals surface area contributed by atoms with Crippen molar-refractivity contribution >= 4 is 28.5 Å². The Bertz CT molecular complexity index is 780. The van der Waals surface area contributed by atoms with Crippen molar-refractivity contribution in [3.63, 3.8) is 0 Å². The van der Waals surface area contributed by atoms with Crippen LogP contribution in [0.25, 0.3) is 22.6 Å². The molecule has 0 bridgehead atoms. The number of hydrogen-bond donors (Lipinski definition) is 3. The van der Waals surface area contributed by atoms with Gasteiger partial charge in [-0.1, -0.05) is 6.07 Å². The van der Waals surface area contributed by atoms with E-state index in [-0.39, 0.29) is 5.75 Å². The second-order valence-corrected chi connectivity index (χ2v) is 4.88. The van der Waals surface area contributed by atoms with Crippen LogP contribution in [0.3, 0.4) is 0 Å². The van der Waals surface area contributed by atoms with Gasteiger partial charge < -0.3 is 20.6 Å². The maximum atomic E-state index is 10.6. The summed E-state index contributed by atoms with van der Waals surface area (Å²) >= 11 is 1.45. The minimum Gasteiger partial charge on any atom is -0.449 e. The fraction of sp³-hybridized carbons (Fsp3) is 0.0833. The van der Waals surface area contributed by atoms with Crippen LogP contribution < -0.4 is 10.5 Å². The molecular weight excluding hydrogens is 280 g/mol. The molecule has 8 heteroatoms. The van der Waals surface area contributed by atoms with E-state index in [0.717, 1.165) is 5.01 Å². The van der Waals surface area contributed by atoms with Crippen molar-refractivity contribution in [2.75, 3.05) is 0 Å². The highest BCUT2D eigenvalue weighted by Crippen LogP contribution is 2.27. The van der Waals surface area contributed by atoms with Crippen LogP contribution in [0.2, 0.25) is 0 Å². The third-order valence-corrected chi connectivity index (χ3v) is 3.51. The molecule has 0 aliphatic rings. The van der Waals surface area contributed by atoms with Crippen molar-refractivity contribution in [3.8, 4) is 17.3 Å². The number of para-hydroxylation sites is 1. The molecule has 0 saturated heterocycles. The van der Waals surface area contributed by atoms with E-state index in [1.54, 1.807) is 18.2 Å². The average molecular weight is 290 g/mol. The van der Waals surface area contributed by atoms with Gasteiger partial charge in [-0.2, -0.15) is 0 Å². The number of hydrogen-bond acceptors (Lipinski definition) is 6. The van der Waals surface area contributed by atoms with Crippen LogP contribution in [0.4, 0.5) is 4.79 Å². The second kappa shape index (κ2) is 4.91. The van der Waals surface area contributed by atoms with Gasteiger partial charge in [-0.05, 0) is 12.1 Å². The first-order valence-corrected chi connectivity index (χ1v) is 6.59. The summed E-state index contributed by atoms with van der Waals surface area (Å²) in [6.45, 7) is 0.373. The fourth-order valence-corrected chi connectivity index (χ4v) is 2.48. The van der Waals surface area contributed by atoms with Crippen LogP contribution in [-0.2, 0) is 6.54 Å². The van der Waals surface area contributed by atoms with Crippen molar-refractivity contribution in [2.24, 2.45) is 5.73 Å². The molecule has 2 heterocycles. The molecule has 4 N–H and O–H groups in total. The molecule has 3 aromatic rings. The van der Waals surface area contributed by atoms with Gasteiger partial charge in [-0.15, -0.1) is 11.3 Å². The predicted molar refractivity (Wildman–Crippen MR) is 73.7 cm³/mol. The molecule has 0 radical (unpaired) electrons. The number of nitrogens with two attached hydrogens (primary N) is 1. The zero-order valence-corrected chi connectivity index (χ0v) is 11.0. The van der Waals surface area contributed by atoms with Gasteiger partial charge in [0.1, 0.15) is 16.2 Å². The molecule has 0 aliphatic heterocycles. The van der Waals surface area contributed by atoms with E-state index >= 15 is 0 Å². The average Bonchev–Trinajstić information content (AvgIpc) is 3.04. The van der Waals surface area contributed by atoms with E-state index < -0.39 is 6.16 Å². The Morgan fingerprint density at radius 2 is 2.30 bits per heavy atom. The first-order chi connectivity index (χ1) is 9.67. The van der Waals surface area contributed by atoms with Gasteiger partial charge in [0.15, 0.2) is 11.6 Å². The molecule has 0 unspecified atom stereocenters. The molecule has 20 heavy (non-hydrogen) atoms. The lowest BCUT2D eigenvalue weighted by molar-refractivity contribution is 0.145. The van der Waals surface area contributed by atoms with Crippen LogP contribution in [-0.4, -0.2) is 26.2 Å². The number of fused-ring (bicyclic) bond motifs is 1. The number of carboxylic acid groups (broad SMARTS) is 1. The zero-order valence-electron chi connectivity index (χ0n) is 10.2. The quantitative estimate of drug-likeness (QED) is 0.503. The van der Waals surface area contributed by atoms with E-state index in [4.69, 9.17) is 15.6 Å². The number of imidazole rings is 1. The van der Waals surface area contributed by atoms with Gasteiger partial charge >= 0.3 is 6.16 Å². The third kappa shape index (κ3) is 2.22. The molecular formula is C12H10N4O3S. The van der Waals surface area contributed by atoms with Gasteiger partial charge in [0.25, 0.3) is 0 Å². The van der Waals surface area contributed by atoms with Gasteiger partial charge in [-0.3, -0.25) is 0 Å². The topological polar surface area (TPSA) is 114 Å². The lowest BCUT2D eigenvalue weighted by Crippen LogP contribution is -2.03. The van der Waals surface area contributed by atoms with Crippen molar-refractivity contribution in [3.05, 3.63) is 28.6 Å². The predicted octanol–water partition coefficient (Wildman–Crippen LogP) is 2.20. The zero-order chi connectivity index (χ0) is 14.1. The van der Waals surface area contributed by atoms with Gasteiger partial charge in [-0.25, -0.2) is 14.8 Å². The number of rotatable bonds is 3. The van der Waals surface area contributed by atoms with Gasteiger partial charge in [0.2, 0.25) is 0 Å². The molecule has 0 fully saturated rings. The highest BCUT2D eigenvalue weighted by atomic mass is 32.1. The number of ether oxygens (including phenoxy) is 1. The number of thiazole rings is 1. The lowest BCUT2D eigenvalue weighted by Gasteiger charge is -1.98. The van der Waals surface area contributed by atoms with E-state index in [9.17, 15) is 4.79 Å². The van der Waals surface area contributed by atoms with Crippen LogP contribution in [0, 0.1) is 0 Å². The van der Waals surface area contributed by atoms with Crippen LogP contribution >= 0.6 is 11.3 Å². The largest absolute Gasteiger partial charge is 0.511 e. The lowest BCUT2D eigenvalue weighted by atomic mass is 10.3. The molecule has 0 spiro atoms. The summed E-state index contributed by atoms with van der Waals surface area (Å²) in [4.78, 5) is 22.4. The minimum absolute atomic E-state index is 0.187. The summed E-state index contributed by atoms with van der Waals surface area (Å²) in [7, 11) is 0. The highest BCUT2D eigenvalue weighted by Gasteiger charge is 2.13.